The number of likely N-dealkylation sites (N-methyl/N-ethyl adjacent to an activating group) is 2. The van der Waals surface area contributed by atoms with E-state index in [1.165, 1.54) is 22.0 Å². The van der Waals surface area contributed by atoms with Crippen molar-refractivity contribution in [3.05, 3.63) is 71.5 Å². The van der Waals surface area contributed by atoms with Crippen LogP contribution in [0.5, 0.6) is 0 Å². The fourth-order valence-electron chi connectivity index (χ4n) is 3.93. The Bertz CT molecular complexity index is 940. The van der Waals surface area contributed by atoms with Gasteiger partial charge in [0.1, 0.15) is 18.0 Å². The zero-order valence-electron chi connectivity index (χ0n) is 18.4. The Balaban J connectivity index is 0.000000243. The summed E-state index contributed by atoms with van der Waals surface area (Å²) >= 11 is 0. The minimum Gasteiger partial charge on any atom is -0.340 e. The van der Waals surface area contributed by atoms with Crippen molar-refractivity contribution in [1.82, 2.24) is 25.1 Å². The van der Waals surface area contributed by atoms with Crippen LogP contribution in [0.3, 0.4) is 0 Å². The average molecular weight is 442 g/mol. The number of halogens is 1. The average Bonchev–Trinajstić information content (AvgIpc) is 2.78. The zero-order valence-corrected chi connectivity index (χ0v) is 18.4. The lowest BCUT2D eigenvalue weighted by Crippen LogP contribution is -2.71. The van der Waals surface area contributed by atoms with Gasteiger partial charge in [0.05, 0.1) is 13.1 Å². The molecule has 2 atom stereocenters. The van der Waals surface area contributed by atoms with E-state index in [9.17, 15) is 18.8 Å². The van der Waals surface area contributed by atoms with Crippen molar-refractivity contribution in [3.63, 3.8) is 0 Å². The maximum atomic E-state index is 12.6. The maximum Gasteiger partial charge on any atom is 0.249 e. The molecule has 0 spiro atoms. The molecule has 2 heterocycles. The summed E-state index contributed by atoms with van der Waals surface area (Å²) in [4.78, 5) is 39.6. The first kappa shape index (κ1) is 23.4. The Kier molecular flexibility index (Phi) is 7.55. The van der Waals surface area contributed by atoms with E-state index in [0.29, 0.717) is 13.0 Å². The first-order chi connectivity index (χ1) is 15.4. The van der Waals surface area contributed by atoms with Crippen molar-refractivity contribution in [2.75, 3.05) is 34.2 Å². The van der Waals surface area contributed by atoms with E-state index in [1.807, 2.05) is 37.4 Å². The fourth-order valence-corrected chi connectivity index (χ4v) is 3.93. The van der Waals surface area contributed by atoms with Gasteiger partial charge in [-0.05, 0) is 30.3 Å². The lowest BCUT2D eigenvalue weighted by atomic mass is 9.99. The summed E-state index contributed by atoms with van der Waals surface area (Å²) in [6.07, 6.45) is 0.229. The molecule has 3 amide bonds. The van der Waals surface area contributed by atoms with Gasteiger partial charge >= 0.3 is 0 Å². The standard InChI is InChI=1S/C15H18N4O3.C8H10FN/c1-16-8-12-18(10-20)17(2)9-13(21)19(12)14(15(16)22)11-6-4-3-5-7-11;1-10-6-7-2-4-8(9)5-3-7/h3-7,10,12,14H,8-9H2,1-2H3;2-5,10H,6H2,1H3/t12?,14-;/m0./s1. The first-order valence-corrected chi connectivity index (χ1v) is 10.3. The molecule has 32 heavy (non-hydrogen) atoms. The summed E-state index contributed by atoms with van der Waals surface area (Å²) in [5.74, 6) is -0.466. The van der Waals surface area contributed by atoms with Crippen LogP contribution in [-0.4, -0.2) is 78.4 Å². The van der Waals surface area contributed by atoms with Crippen LogP contribution in [0.1, 0.15) is 17.2 Å². The number of nitrogens with one attached hydrogen (secondary N) is 1. The molecule has 2 saturated heterocycles. The normalized spacial score (nSPS) is 21.1. The summed E-state index contributed by atoms with van der Waals surface area (Å²) < 4.78 is 12.3. The Labute approximate surface area is 187 Å². The highest BCUT2D eigenvalue weighted by Crippen LogP contribution is 2.33. The van der Waals surface area contributed by atoms with Crippen molar-refractivity contribution < 1.29 is 18.8 Å². The van der Waals surface area contributed by atoms with E-state index in [0.717, 1.165) is 17.7 Å². The third-order valence-corrected chi connectivity index (χ3v) is 5.52. The number of rotatable bonds is 4. The molecule has 8 nitrogen and oxygen atoms in total. The van der Waals surface area contributed by atoms with Gasteiger partial charge in [-0.2, -0.15) is 0 Å². The van der Waals surface area contributed by atoms with Gasteiger partial charge in [-0.1, -0.05) is 42.5 Å². The predicted molar refractivity (Wildman–Crippen MR) is 117 cm³/mol. The van der Waals surface area contributed by atoms with E-state index >= 15 is 0 Å². The Morgan fingerprint density at radius 2 is 1.72 bits per heavy atom. The summed E-state index contributed by atoms with van der Waals surface area (Å²) in [7, 11) is 5.25. The van der Waals surface area contributed by atoms with E-state index < -0.39 is 12.2 Å². The third kappa shape index (κ3) is 4.95. The number of amides is 3. The molecule has 2 aromatic rings. The molecule has 0 bridgehead atoms. The second-order valence-electron chi connectivity index (χ2n) is 7.77. The van der Waals surface area contributed by atoms with Gasteiger partial charge in [0.25, 0.3) is 0 Å². The second-order valence-corrected chi connectivity index (χ2v) is 7.77. The van der Waals surface area contributed by atoms with Gasteiger partial charge in [-0.15, -0.1) is 0 Å². The SMILES string of the molecule is CN1CC2N(C(=O)CN(C)N2C=O)[C@@H](c2ccccc2)C1=O.CNCc1ccc(F)cc1. The summed E-state index contributed by atoms with van der Waals surface area (Å²) in [5, 5.41) is 6.04. The Morgan fingerprint density at radius 1 is 1.06 bits per heavy atom. The number of carbonyl (C=O) groups is 3. The Morgan fingerprint density at radius 3 is 2.31 bits per heavy atom. The fraction of sp³-hybridized carbons (Fsp3) is 0.348. The van der Waals surface area contributed by atoms with Crippen molar-refractivity contribution >= 4 is 18.2 Å². The highest BCUT2D eigenvalue weighted by atomic mass is 19.1. The van der Waals surface area contributed by atoms with Crippen molar-refractivity contribution in [1.29, 1.82) is 0 Å². The molecule has 2 aromatic carbocycles. The molecule has 0 aromatic heterocycles. The molecule has 2 aliphatic heterocycles. The number of carbonyl (C=O) groups excluding carboxylic acids is 3. The van der Waals surface area contributed by atoms with Crippen LogP contribution in [0, 0.1) is 5.82 Å². The predicted octanol–water partition coefficient (Wildman–Crippen LogP) is 1.22. The van der Waals surface area contributed by atoms with E-state index in [4.69, 9.17) is 0 Å². The molecule has 0 radical (unpaired) electrons. The highest BCUT2D eigenvalue weighted by molar-refractivity contribution is 5.91. The van der Waals surface area contributed by atoms with Gasteiger partial charge in [0, 0.05) is 20.6 Å². The summed E-state index contributed by atoms with van der Waals surface area (Å²) in [6, 6.07) is 15.0. The van der Waals surface area contributed by atoms with E-state index in [1.54, 1.807) is 36.1 Å². The van der Waals surface area contributed by atoms with Crippen LogP contribution in [-0.2, 0) is 20.9 Å². The number of benzene rings is 2. The number of fused-ring (bicyclic) bond motifs is 1. The van der Waals surface area contributed by atoms with Crippen LogP contribution in [0.4, 0.5) is 4.39 Å². The van der Waals surface area contributed by atoms with Crippen molar-refractivity contribution in [3.8, 4) is 0 Å². The number of hydrogen-bond donors (Lipinski definition) is 1. The number of hydrogen-bond acceptors (Lipinski definition) is 5. The third-order valence-electron chi connectivity index (χ3n) is 5.52. The maximum absolute atomic E-state index is 12.6. The molecule has 0 aliphatic carbocycles. The molecule has 0 saturated carbocycles. The minimum absolute atomic E-state index is 0.0789. The Hall–Kier alpha value is -3.30. The molecular formula is C23H28FN5O3. The van der Waals surface area contributed by atoms with Gasteiger partial charge in [-0.3, -0.25) is 19.4 Å². The van der Waals surface area contributed by atoms with Crippen LogP contribution in [0.25, 0.3) is 0 Å². The van der Waals surface area contributed by atoms with Gasteiger partial charge in [0.15, 0.2) is 0 Å². The van der Waals surface area contributed by atoms with Gasteiger partial charge in [0.2, 0.25) is 18.2 Å². The van der Waals surface area contributed by atoms with E-state index in [2.05, 4.69) is 5.32 Å². The van der Waals surface area contributed by atoms with Crippen LogP contribution >= 0.6 is 0 Å². The molecule has 2 fully saturated rings. The van der Waals surface area contributed by atoms with Crippen LogP contribution < -0.4 is 5.32 Å². The topological polar surface area (TPSA) is 76.2 Å². The number of piperazine rings is 1. The van der Waals surface area contributed by atoms with Crippen LogP contribution in [0.15, 0.2) is 54.6 Å². The zero-order chi connectivity index (χ0) is 23.3. The first-order valence-electron chi connectivity index (χ1n) is 10.3. The highest BCUT2D eigenvalue weighted by Gasteiger charge is 2.48. The molecule has 1 N–H and O–H groups in total. The van der Waals surface area contributed by atoms with Gasteiger partial charge in [-0.25, -0.2) is 9.40 Å². The van der Waals surface area contributed by atoms with Gasteiger partial charge < -0.3 is 15.1 Å². The number of hydrazine groups is 1. The minimum atomic E-state index is -0.686. The number of nitrogens with zero attached hydrogens (tertiary/aromatic N) is 4. The van der Waals surface area contributed by atoms with E-state index in [-0.39, 0.29) is 24.2 Å². The lowest BCUT2D eigenvalue weighted by Gasteiger charge is -2.53. The molecule has 9 heteroatoms. The summed E-state index contributed by atoms with van der Waals surface area (Å²) in [6.45, 7) is 1.17. The van der Waals surface area contributed by atoms with Crippen LogP contribution in [0.2, 0.25) is 0 Å². The molecule has 4 rings (SSSR count). The summed E-state index contributed by atoms with van der Waals surface area (Å²) in [5.41, 5.74) is 1.86. The van der Waals surface area contributed by atoms with Crippen molar-refractivity contribution in [2.24, 2.45) is 0 Å². The molecule has 170 valence electrons. The van der Waals surface area contributed by atoms with Crippen molar-refractivity contribution in [2.45, 2.75) is 18.8 Å². The molecule has 2 aliphatic rings. The molecular weight excluding hydrogens is 413 g/mol. The quantitative estimate of drug-likeness (QED) is 0.722. The molecule has 1 unspecified atom stereocenters. The lowest BCUT2D eigenvalue weighted by molar-refractivity contribution is -0.195. The second kappa shape index (κ2) is 10.3. The smallest absolute Gasteiger partial charge is 0.249 e. The largest absolute Gasteiger partial charge is 0.340 e. The monoisotopic (exact) mass is 441 g/mol.